The van der Waals surface area contributed by atoms with Gasteiger partial charge in [0.25, 0.3) is 0 Å². The van der Waals surface area contributed by atoms with Gasteiger partial charge in [-0.2, -0.15) is 4.68 Å². The van der Waals surface area contributed by atoms with Gasteiger partial charge in [-0.15, -0.1) is 5.10 Å². The first kappa shape index (κ1) is 31.8. The second-order valence-electron chi connectivity index (χ2n) is 12.4. The van der Waals surface area contributed by atoms with Gasteiger partial charge in [0.15, 0.2) is 20.7 Å². The van der Waals surface area contributed by atoms with Gasteiger partial charge in [-0.3, -0.25) is 4.79 Å². The molecule has 2 aromatic heterocycles. The van der Waals surface area contributed by atoms with Crippen LogP contribution in [-0.2, 0) is 24.8 Å². The first-order chi connectivity index (χ1) is 22.1. The van der Waals surface area contributed by atoms with E-state index < -0.39 is 44.9 Å². The Morgan fingerprint density at radius 3 is 2.53 bits per heavy atom. The average Bonchev–Trinajstić information content (AvgIpc) is 3.58. The Bertz CT molecular complexity index is 2090. The van der Waals surface area contributed by atoms with Crippen LogP contribution < -0.4 is 19.7 Å². The number of hydrogen-bond acceptors (Lipinski definition) is 11. The van der Waals surface area contributed by atoms with Crippen molar-refractivity contribution in [2.24, 2.45) is 0 Å². The first-order valence-electron chi connectivity index (χ1n) is 14.7. The predicted octanol–water partition coefficient (Wildman–Crippen LogP) is 5.22. The van der Waals surface area contributed by atoms with Crippen molar-refractivity contribution in [2.75, 3.05) is 30.2 Å². The van der Waals surface area contributed by atoms with Crippen LogP contribution in [0.1, 0.15) is 51.2 Å². The lowest BCUT2D eigenvalue weighted by atomic mass is 9.91. The third kappa shape index (κ3) is 5.39. The van der Waals surface area contributed by atoms with Crippen LogP contribution in [-0.4, -0.2) is 72.0 Å². The molecule has 1 spiro atoms. The third-order valence-electron chi connectivity index (χ3n) is 8.11. The fourth-order valence-electron chi connectivity index (χ4n) is 6.01. The van der Waals surface area contributed by atoms with Crippen LogP contribution in [0.5, 0.6) is 11.5 Å². The number of anilines is 3. The molecule has 2 N–H and O–H groups in total. The first-order valence-corrected chi connectivity index (χ1v) is 16.6. The topological polar surface area (TPSA) is 179 Å². The molecule has 0 unspecified atom stereocenters. The Labute approximate surface area is 270 Å². The lowest BCUT2D eigenvalue weighted by Crippen LogP contribution is -2.36. The lowest BCUT2D eigenvalue weighted by Gasteiger charge is -2.19. The number of imide groups is 1. The summed E-state index contributed by atoms with van der Waals surface area (Å²) in [5.41, 5.74) is 0.268. The summed E-state index contributed by atoms with van der Waals surface area (Å²) in [6, 6.07) is 11.5. The van der Waals surface area contributed by atoms with Crippen molar-refractivity contribution >= 4 is 56.0 Å². The molecule has 0 saturated heterocycles. The summed E-state index contributed by atoms with van der Waals surface area (Å²) in [5.74, 6) is 0.00623. The van der Waals surface area contributed by atoms with Crippen LogP contribution in [0.2, 0.25) is 0 Å². The number of pyridine rings is 1. The predicted molar refractivity (Wildman–Crippen MR) is 171 cm³/mol. The Kier molecular flexibility index (Phi) is 7.42. The molecule has 14 nitrogen and oxygen atoms in total. The molecule has 2 atom stereocenters. The Morgan fingerprint density at radius 2 is 1.89 bits per heavy atom. The zero-order valence-corrected chi connectivity index (χ0v) is 27.3. The number of hydrogen-bond donors (Lipinski definition) is 2. The van der Waals surface area contributed by atoms with Crippen molar-refractivity contribution in [1.29, 1.82) is 0 Å². The van der Waals surface area contributed by atoms with E-state index in [2.05, 4.69) is 15.4 Å². The van der Waals surface area contributed by atoms with E-state index in [0.717, 1.165) is 15.8 Å². The molecule has 2 aliphatic rings. The van der Waals surface area contributed by atoms with Crippen molar-refractivity contribution < 1.29 is 42.1 Å². The highest BCUT2D eigenvalue weighted by Crippen LogP contribution is 2.67. The van der Waals surface area contributed by atoms with E-state index in [0.29, 0.717) is 39.9 Å². The molecule has 246 valence electrons. The Morgan fingerprint density at radius 1 is 1.15 bits per heavy atom. The van der Waals surface area contributed by atoms with Gasteiger partial charge in [-0.05, 0) is 75.6 Å². The van der Waals surface area contributed by atoms with E-state index in [-0.39, 0.29) is 28.9 Å². The normalized spacial score (nSPS) is 18.7. The van der Waals surface area contributed by atoms with Gasteiger partial charge in [0.1, 0.15) is 22.8 Å². The van der Waals surface area contributed by atoms with Crippen LogP contribution >= 0.6 is 0 Å². The molecular weight excluding hydrogens is 630 g/mol. The Hall–Kier alpha value is -5.18. The summed E-state index contributed by atoms with van der Waals surface area (Å²) < 4.78 is 42.1. The van der Waals surface area contributed by atoms with Crippen molar-refractivity contribution in [3.8, 4) is 11.5 Å². The molecule has 1 fully saturated rings. The molecule has 2 amide bonds. The van der Waals surface area contributed by atoms with Gasteiger partial charge in [0, 0.05) is 23.6 Å². The highest BCUT2D eigenvalue weighted by molar-refractivity contribution is 7.90. The van der Waals surface area contributed by atoms with Crippen molar-refractivity contribution in [1.82, 2.24) is 14.8 Å². The molecule has 15 heteroatoms. The molecular formula is C32H33N5O9S. The number of carbonyl (C=O) groups excluding carboxylic acids is 2. The number of carbonyl (C=O) groups is 3. The number of aromatic nitrogens is 3. The van der Waals surface area contributed by atoms with Crippen LogP contribution in [0, 0.1) is 0 Å². The van der Waals surface area contributed by atoms with Gasteiger partial charge in [-0.1, -0.05) is 6.07 Å². The van der Waals surface area contributed by atoms with Crippen molar-refractivity contribution in [2.45, 2.75) is 56.1 Å². The molecule has 0 bridgehead atoms. The fourth-order valence-corrected chi connectivity index (χ4v) is 6.58. The lowest BCUT2D eigenvalue weighted by molar-refractivity contribution is -0.119. The van der Waals surface area contributed by atoms with Gasteiger partial charge in [0.2, 0.25) is 5.91 Å². The summed E-state index contributed by atoms with van der Waals surface area (Å²) in [5, 5.41) is 17.9. The molecule has 6 rings (SSSR count). The van der Waals surface area contributed by atoms with Crippen molar-refractivity contribution in [3.05, 3.63) is 59.8 Å². The number of nitrogens with zero attached hydrogens (tertiary/aromatic N) is 4. The molecule has 2 aromatic carbocycles. The molecule has 1 saturated carbocycles. The number of benzene rings is 2. The number of sulfone groups is 1. The third-order valence-corrected chi connectivity index (χ3v) is 9.09. The average molecular weight is 664 g/mol. The van der Waals surface area contributed by atoms with Crippen LogP contribution in [0.3, 0.4) is 0 Å². The number of methoxy groups -OCH3 is 1. The van der Waals surface area contributed by atoms with E-state index >= 15 is 0 Å². The number of nitrogens with one attached hydrogen (secondary N) is 1. The zero-order valence-electron chi connectivity index (χ0n) is 26.5. The van der Waals surface area contributed by atoms with E-state index in [4.69, 9.17) is 14.2 Å². The molecule has 1 aliphatic carbocycles. The largest absolute Gasteiger partial charge is 0.497 e. The van der Waals surface area contributed by atoms with Crippen LogP contribution in [0.4, 0.5) is 26.8 Å². The van der Waals surface area contributed by atoms with Gasteiger partial charge in [-0.25, -0.2) is 27.9 Å². The number of fused-ring (bicyclic) bond motifs is 3. The number of rotatable bonds is 7. The minimum absolute atomic E-state index is 0.166. The van der Waals surface area contributed by atoms with E-state index in [9.17, 15) is 27.9 Å². The smallest absolute Gasteiger partial charge is 0.435 e. The number of amides is 2. The minimum atomic E-state index is -3.61. The summed E-state index contributed by atoms with van der Waals surface area (Å²) in [7, 11) is -2.11. The number of ether oxygens (including phenoxy) is 3. The maximum absolute atomic E-state index is 13.7. The quantitative estimate of drug-likeness (QED) is 0.264. The zero-order chi connectivity index (χ0) is 34.1. The highest BCUT2D eigenvalue weighted by atomic mass is 32.2. The molecule has 0 radical (unpaired) electrons. The van der Waals surface area contributed by atoms with E-state index in [1.807, 2.05) is 0 Å². The minimum Gasteiger partial charge on any atom is -0.497 e. The number of carboxylic acid groups (broad SMARTS) is 1. The van der Waals surface area contributed by atoms with Gasteiger partial charge >= 0.3 is 12.2 Å². The maximum atomic E-state index is 13.7. The summed E-state index contributed by atoms with van der Waals surface area (Å²) in [6.07, 6.45) is 0.585. The molecule has 47 heavy (non-hydrogen) atoms. The van der Waals surface area contributed by atoms with E-state index in [1.54, 1.807) is 64.1 Å². The molecule has 1 aliphatic heterocycles. The summed E-state index contributed by atoms with van der Waals surface area (Å²) in [4.78, 5) is 44.1. The second-order valence-corrected chi connectivity index (χ2v) is 14.4. The van der Waals surface area contributed by atoms with E-state index in [1.165, 1.54) is 19.4 Å². The van der Waals surface area contributed by atoms with Crippen molar-refractivity contribution in [3.63, 3.8) is 0 Å². The van der Waals surface area contributed by atoms with Gasteiger partial charge in [0.05, 0.1) is 36.5 Å². The molecule has 3 heterocycles. The summed E-state index contributed by atoms with van der Waals surface area (Å²) in [6.45, 7) is 7.18. The second kappa shape index (κ2) is 11.0. The SMILES string of the molecule is CCOc1cc(S(C)(=O)=O)ncc1Nc1nn(C(=O)OC(C)(C)C)c2cc([C@@H]3C[C@@]34C(=O)N(C(=O)O)c3ccc(OC)cc34)ccc12. The summed E-state index contributed by atoms with van der Waals surface area (Å²) >= 11 is 0. The highest BCUT2D eigenvalue weighted by Gasteiger charge is 2.68. The fraction of sp³-hybridized carbons (Fsp3) is 0.344. The van der Waals surface area contributed by atoms with Crippen LogP contribution in [0.25, 0.3) is 10.9 Å². The van der Waals surface area contributed by atoms with Gasteiger partial charge < -0.3 is 24.6 Å². The Balaban J connectivity index is 1.45. The monoisotopic (exact) mass is 663 g/mol. The maximum Gasteiger partial charge on any atom is 0.435 e. The molecule has 4 aromatic rings. The van der Waals surface area contributed by atoms with Crippen LogP contribution in [0.15, 0.2) is 53.7 Å². The standard InChI is InChI=1S/C32H33N5O9S/c1-7-45-25-14-26(47(6,42)43)33-16-22(25)34-27-19-10-8-17(12-24(19)37(35-27)30(41)46-31(2,3)4)21-15-32(21)20-13-18(44-5)9-11-23(20)36(28(32)38)29(39)40/h8-14,16,21H,7,15H2,1-6H3,(H,34,35)(H,39,40)/t21-,32-/m0/s1.